The minimum Gasteiger partial charge on any atom is -0.457 e. The van der Waals surface area contributed by atoms with Crippen LogP contribution in [0.3, 0.4) is 0 Å². The topological polar surface area (TPSA) is 54.9 Å². The first kappa shape index (κ1) is 22.5. The highest BCUT2D eigenvalue weighted by atomic mass is 32.1. The molecule has 8 heteroatoms. The third kappa shape index (κ3) is 4.94. The summed E-state index contributed by atoms with van der Waals surface area (Å²) in [4.78, 5) is 22.3. The summed E-state index contributed by atoms with van der Waals surface area (Å²) >= 11 is 1.31. The van der Waals surface area contributed by atoms with Gasteiger partial charge >= 0.3 is 0 Å². The minimum absolute atomic E-state index is 0.237. The Morgan fingerprint density at radius 3 is 2.59 bits per heavy atom. The van der Waals surface area contributed by atoms with Crippen LogP contribution in [0, 0.1) is 5.82 Å². The van der Waals surface area contributed by atoms with Gasteiger partial charge in [-0.2, -0.15) is 0 Å². The van der Waals surface area contributed by atoms with Gasteiger partial charge < -0.3 is 9.47 Å². The molecular formula is C26H24FN3O3S. The van der Waals surface area contributed by atoms with E-state index in [4.69, 9.17) is 9.47 Å². The number of nitrogens with zero attached hydrogens (tertiary/aromatic N) is 3. The van der Waals surface area contributed by atoms with Crippen LogP contribution < -0.4 is 9.64 Å². The number of fused-ring (bicyclic) bond motifs is 1. The largest absolute Gasteiger partial charge is 0.457 e. The summed E-state index contributed by atoms with van der Waals surface area (Å²) in [6.45, 7) is 4.05. The Morgan fingerprint density at radius 1 is 1.03 bits per heavy atom. The van der Waals surface area contributed by atoms with Gasteiger partial charge in [-0.1, -0.05) is 47.7 Å². The summed E-state index contributed by atoms with van der Waals surface area (Å²) in [5.41, 5.74) is 0.702. The number of hydrogen-bond donors (Lipinski definition) is 0. The highest BCUT2D eigenvalue weighted by Crippen LogP contribution is 2.33. The van der Waals surface area contributed by atoms with Crippen LogP contribution in [-0.2, 0) is 4.74 Å². The maximum Gasteiger partial charge on any atom is 0.263 e. The Labute approximate surface area is 201 Å². The smallest absolute Gasteiger partial charge is 0.263 e. The predicted octanol–water partition coefficient (Wildman–Crippen LogP) is 5.21. The van der Waals surface area contributed by atoms with Crippen molar-refractivity contribution in [2.75, 3.05) is 44.3 Å². The van der Waals surface area contributed by atoms with Gasteiger partial charge in [0.25, 0.3) is 5.91 Å². The lowest BCUT2D eigenvalue weighted by Gasteiger charge is -2.29. The molecule has 1 aromatic heterocycles. The van der Waals surface area contributed by atoms with Crippen LogP contribution in [-0.4, -0.2) is 55.2 Å². The second-order valence-electron chi connectivity index (χ2n) is 7.91. The average molecular weight is 478 g/mol. The molecule has 1 saturated heterocycles. The van der Waals surface area contributed by atoms with Gasteiger partial charge in [-0.3, -0.25) is 14.6 Å². The van der Waals surface area contributed by atoms with Gasteiger partial charge in [0.05, 0.1) is 23.5 Å². The molecule has 1 fully saturated rings. The number of thiazole rings is 1. The molecule has 0 aliphatic carbocycles. The molecule has 0 atom stereocenters. The molecule has 0 unspecified atom stereocenters. The van der Waals surface area contributed by atoms with E-state index >= 15 is 0 Å². The lowest BCUT2D eigenvalue weighted by molar-refractivity contribution is 0.0391. The first-order valence-corrected chi connectivity index (χ1v) is 12.0. The summed E-state index contributed by atoms with van der Waals surface area (Å²) in [7, 11) is 0. The molecule has 6 nitrogen and oxygen atoms in total. The van der Waals surface area contributed by atoms with Gasteiger partial charge in [-0.15, -0.1) is 0 Å². The van der Waals surface area contributed by atoms with Crippen LogP contribution >= 0.6 is 11.3 Å². The Bertz CT molecular complexity index is 1270. The zero-order valence-electron chi connectivity index (χ0n) is 18.5. The zero-order chi connectivity index (χ0) is 23.3. The number of benzene rings is 3. The number of hydrogen-bond acceptors (Lipinski definition) is 6. The van der Waals surface area contributed by atoms with E-state index in [1.807, 2.05) is 48.5 Å². The van der Waals surface area contributed by atoms with Crippen LogP contribution in [0.15, 0.2) is 72.8 Å². The van der Waals surface area contributed by atoms with E-state index in [2.05, 4.69) is 9.88 Å². The quantitative estimate of drug-likeness (QED) is 0.366. The number of amides is 1. The molecule has 0 radical (unpaired) electrons. The molecule has 5 rings (SSSR count). The number of morpholine rings is 1. The van der Waals surface area contributed by atoms with Crippen molar-refractivity contribution in [3.8, 4) is 11.5 Å². The third-order valence-electron chi connectivity index (χ3n) is 5.67. The lowest BCUT2D eigenvalue weighted by atomic mass is 10.1. The molecule has 1 aliphatic rings. The van der Waals surface area contributed by atoms with Crippen molar-refractivity contribution in [1.82, 2.24) is 9.88 Å². The fourth-order valence-electron chi connectivity index (χ4n) is 3.86. The molecule has 1 amide bonds. The Kier molecular flexibility index (Phi) is 6.80. The number of aromatic nitrogens is 1. The molecule has 34 heavy (non-hydrogen) atoms. The van der Waals surface area contributed by atoms with Gasteiger partial charge in [0.2, 0.25) is 0 Å². The Hall–Kier alpha value is -3.33. The van der Waals surface area contributed by atoms with Crippen LogP contribution in [0.25, 0.3) is 10.2 Å². The number of ether oxygens (including phenoxy) is 2. The summed E-state index contributed by atoms with van der Waals surface area (Å²) in [6.07, 6.45) is 0. The van der Waals surface area contributed by atoms with Crippen LogP contribution in [0.4, 0.5) is 9.52 Å². The second kappa shape index (κ2) is 10.3. The molecule has 174 valence electrons. The van der Waals surface area contributed by atoms with Crippen molar-refractivity contribution in [3.05, 3.63) is 84.2 Å². The molecule has 0 spiro atoms. The molecular weight excluding hydrogens is 453 g/mol. The first-order chi connectivity index (χ1) is 16.7. The number of carbonyl (C=O) groups excluding carboxylic acids is 1. The van der Waals surface area contributed by atoms with Gasteiger partial charge in [-0.05, 0) is 36.4 Å². The SMILES string of the molecule is O=C(c1ccccc1Oc1ccccc1)N(CCN1CCOCC1)c1nc2c(F)cccc2s1. The molecule has 3 aromatic carbocycles. The van der Waals surface area contributed by atoms with E-state index in [0.717, 1.165) is 13.1 Å². The Balaban J connectivity index is 1.48. The molecule has 0 N–H and O–H groups in total. The lowest BCUT2D eigenvalue weighted by Crippen LogP contribution is -2.43. The number of halogens is 1. The molecule has 4 aromatic rings. The van der Waals surface area contributed by atoms with Crippen LogP contribution in [0.2, 0.25) is 0 Å². The van der Waals surface area contributed by atoms with Gasteiger partial charge in [0.1, 0.15) is 22.8 Å². The molecule has 1 aliphatic heterocycles. The van der Waals surface area contributed by atoms with Crippen molar-refractivity contribution >= 4 is 32.6 Å². The fraction of sp³-hybridized carbons (Fsp3) is 0.231. The third-order valence-corrected chi connectivity index (χ3v) is 6.71. The molecule has 0 bridgehead atoms. The zero-order valence-corrected chi connectivity index (χ0v) is 19.3. The first-order valence-electron chi connectivity index (χ1n) is 11.2. The van der Waals surface area contributed by atoms with E-state index < -0.39 is 5.82 Å². The summed E-state index contributed by atoms with van der Waals surface area (Å²) in [5, 5.41) is 0.466. The monoisotopic (exact) mass is 477 g/mol. The summed E-state index contributed by atoms with van der Waals surface area (Å²) in [5.74, 6) is 0.472. The number of carbonyl (C=O) groups is 1. The van der Waals surface area contributed by atoms with E-state index in [1.54, 1.807) is 23.1 Å². The predicted molar refractivity (Wildman–Crippen MR) is 131 cm³/mol. The number of para-hydroxylation sites is 3. The van der Waals surface area contributed by atoms with Crippen molar-refractivity contribution in [2.45, 2.75) is 0 Å². The number of anilines is 1. The minimum atomic E-state index is -0.395. The molecule has 0 saturated carbocycles. The Morgan fingerprint density at radius 2 is 1.79 bits per heavy atom. The van der Waals surface area contributed by atoms with E-state index in [0.29, 0.717) is 53.2 Å². The highest BCUT2D eigenvalue weighted by Gasteiger charge is 2.26. The van der Waals surface area contributed by atoms with E-state index in [1.165, 1.54) is 17.4 Å². The van der Waals surface area contributed by atoms with Crippen molar-refractivity contribution in [2.24, 2.45) is 0 Å². The van der Waals surface area contributed by atoms with Crippen molar-refractivity contribution in [1.29, 1.82) is 0 Å². The maximum atomic E-state index is 14.4. The normalized spacial score (nSPS) is 14.3. The van der Waals surface area contributed by atoms with E-state index in [9.17, 15) is 9.18 Å². The van der Waals surface area contributed by atoms with Crippen molar-refractivity contribution in [3.63, 3.8) is 0 Å². The van der Waals surface area contributed by atoms with Gasteiger partial charge in [0, 0.05) is 26.2 Å². The van der Waals surface area contributed by atoms with E-state index in [-0.39, 0.29) is 11.4 Å². The fourth-order valence-corrected chi connectivity index (χ4v) is 4.87. The van der Waals surface area contributed by atoms with Gasteiger partial charge in [0.15, 0.2) is 5.13 Å². The molecule has 2 heterocycles. The standard InChI is InChI=1S/C26H24FN3O3S/c27-21-10-6-12-23-24(21)28-26(34-23)30(14-13-29-15-17-32-18-16-29)25(31)20-9-4-5-11-22(20)33-19-7-2-1-3-8-19/h1-12H,13-18H2. The van der Waals surface area contributed by atoms with Crippen LogP contribution in [0.5, 0.6) is 11.5 Å². The van der Waals surface area contributed by atoms with Crippen LogP contribution in [0.1, 0.15) is 10.4 Å². The maximum absolute atomic E-state index is 14.4. The second-order valence-corrected chi connectivity index (χ2v) is 8.91. The van der Waals surface area contributed by atoms with Gasteiger partial charge in [-0.25, -0.2) is 9.37 Å². The number of rotatable bonds is 7. The van der Waals surface area contributed by atoms with Crippen molar-refractivity contribution < 1.29 is 18.7 Å². The average Bonchev–Trinajstić information content (AvgIpc) is 3.31. The summed E-state index contributed by atoms with van der Waals surface area (Å²) in [6, 6.07) is 21.4. The highest BCUT2D eigenvalue weighted by molar-refractivity contribution is 7.22. The summed E-state index contributed by atoms with van der Waals surface area (Å²) < 4.78 is 26.6.